The second-order valence-electron chi connectivity index (χ2n) is 5.77. The Morgan fingerprint density at radius 2 is 2.12 bits per heavy atom. The van der Waals surface area contributed by atoms with Crippen molar-refractivity contribution in [2.75, 3.05) is 26.9 Å². The molecular weight excluding hydrogens is 338 g/mol. The van der Waals surface area contributed by atoms with Crippen molar-refractivity contribution in [2.24, 2.45) is 0 Å². The summed E-state index contributed by atoms with van der Waals surface area (Å²) in [5.74, 6) is -0.924. The van der Waals surface area contributed by atoms with Crippen LogP contribution in [-0.4, -0.2) is 53.8 Å². The zero-order chi connectivity index (χ0) is 19.1. The molecular formula is C18H23N3O5. The molecule has 2 heterocycles. The van der Waals surface area contributed by atoms with Gasteiger partial charge in [-0.05, 0) is 25.5 Å². The van der Waals surface area contributed by atoms with E-state index in [-0.39, 0.29) is 18.8 Å². The molecule has 0 aliphatic heterocycles. The molecule has 0 bridgehead atoms. The Labute approximate surface area is 151 Å². The molecule has 0 spiro atoms. The normalized spacial score (nSPS) is 11.8. The predicted octanol–water partition coefficient (Wildman–Crippen LogP) is 1.29. The third-order valence-electron chi connectivity index (χ3n) is 3.91. The number of pyridine rings is 1. The Morgan fingerprint density at radius 3 is 2.77 bits per heavy atom. The largest absolute Gasteiger partial charge is 0.460 e. The van der Waals surface area contributed by atoms with Gasteiger partial charge in [0.15, 0.2) is 0 Å². The van der Waals surface area contributed by atoms with E-state index in [1.54, 1.807) is 32.2 Å². The van der Waals surface area contributed by atoms with Gasteiger partial charge in [-0.1, -0.05) is 6.07 Å². The fraction of sp³-hybridized carbons (Fsp3) is 0.389. The van der Waals surface area contributed by atoms with E-state index in [1.807, 2.05) is 0 Å². The van der Waals surface area contributed by atoms with E-state index in [2.05, 4.69) is 15.3 Å². The van der Waals surface area contributed by atoms with Gasteiger partial charge in [-0.2, -0.15) is 0 Å². The Balaban J connectivity index is 2.03. The van der Waals surface area contributed by atoms with Gasteiger partial charge in [0.2, 0.25) is 0 Å². The number of amides is 1. The summed E-state index contributed by atoms with van der Waals surface area (Å²) >= 11 is 0. The van der Waals surface area contributed by atoms with E-state index in [0.717, 1.165) is 0 Å². The number of carbonyl (C=O) groups is 2. The Morgan fingerprint density at radius 1 is 1.35 bits per heavy atom. The number of hydrogen-bond donors (Lipinski definition) is 3. The molecule has 8 heteroatoms. The maximum atomic E-state index is 12.4. The van der Waals surface area contributed by atoms with Crippen LogP contribution in [0.5, 0.6) is 0 Å². The number of H-pyrrole nitrogens is 1. The van der Waals surface area contributed by atoms with Crippen molar-refractivity contribution in [3.8, 4) is 0 Å². The molecule has 0 saturated heterocycles. The maximum Gasteiger partial charge on any atom is 0.340 e. The Hall–Kier alpha value is -2.71. The van der Waals surface area contributed by atoms with Gasteiger partial charge in [0.1, 0.15) is 12.3 Å². The number of esters is 1. The average Bonchev–Trinajstić information content (AvgIpc) is 2.94. The lowest BCUT2D eigenvalue weighted by atomic mass is 10.1. The number of carbonyl (C=O) groups excluding carboxylic acids is 2. The van der Waals surface area contributed by atoms with Crippen molar-refractivity contribution in [1.82, 2.24) is 15.3 Å². The van der Waals surface area contributed by atoms with E-state index >= 15 is 0 Å². The lowest BCUT2D eigenvalue weighted by Crippen LogP contribution is -2.29. The maximum absolute atomic E-state index is 12.4. The van der Waals surface area contributed by atoms with E-state index < -0.39 is 18.0 Å². The molecule has 1 amide bonds. The van der Waals surface area contributed by atoms with Gasteiger partial charge in [-0.15, -0.1) is 0 Å². The van der Waals surface area contributed by atoms with E-state index in [0.29, 0.717) is 29.0 Å². The minimum Gasteiger partial charge on any atom is -0.460 e. The first-order valence-electron chi connectivity index (χ1n) is 8.17. The second kappa shape index (κ2) is 9.12. The number of aliphatic hydroxyl groups excluding tert-OH is 1. The molecule has 2 aromatic rings. The van der Waals surface area contributed by atoms with Gasteiger partial charge in [-0.3, -0.25) is 9.78 Å². The standard InChI is InChI=1S/C18H23N3O5/c1-11-15(18(24)26-8-7-25-3)12(2)21-16(11)17(23)20-10-14(22)13-5-4-6-19-9-13/h4-6,9,14,21-22H,7-8,10H2,1-3H3,(H,20,23)/t14-/m1/s1. The van der Waals surface area contributed by atoms with Crippen LogP contribution in [0.2, 0.25) is 0 Å². The van der Waals surface area contributed by atoms with E-state index in [9.17, 15) is 14.7 Å². The van der Waals surface area contributed by atoms with Gasteiger partial charge in [0, 0.05) is 37.3 Å². The number of rotatable bonds is 8. The molecule has 2 rings (SSSR count). The Bertz CT molecular complexity index is 758. The first kappa shape index (κ1) is 19.6. The molecule has 0 radical (unpaired) electrons. The number of nitrogens with one attached hydrogen (secondary N) is 2. The monoisotopic (exact) mass is 361 g/mol. The highest BCUT2D eigenvalue weighted by Crippen LogP contribution is 2.19. The fourth-order valence-corrected chi connectivity index (χ4v) is 2.54. The summed E-state index contributed by atoms with van der Waals surface area (Å²) in [5.41, 5.74) is 2.24. The highest BCUT2D eigenvalue weighted by Gasteiger charge is 2.23. The first-order valence-corrected chi connectivity index (χ1v) is 8.17. The number of nitrogens with zero attached hydrogens (tertiary/aromatic N) is 1. The van der Waals surface area contributed by atoms with E-state index in [4.69, 9.17) is 9.47 Å². The molecule has 0 fully saturated rings. The number of methoxy groups -OCH3 is 1. The number of aromatic amines is 1. The zero-order valence-electron chi connectivity index (χ0n) is 15.0. The number of hydrogen-bond acceptors (Lipinski definition) is 6. The molecule has 1 atom stereocenters. The molecule has 3 N–H and O–H groups in total. The molecule has 8 nitrogen and oxygen atoms in total. The minimum atomic E-state index is -0.873. The molecule has 140 valence electrons. The number of aromatic nitrogens is 2. The lowest BCUT2D eigenvalue weighted by molar-refractivity contribution is 0.0386. The molecule has 0 aromatic carbocycles. The average molecular weight is 361 g/mol. The van der Waals surface area contributed by atoms with Gasteiger partial charge >= 0.3 is 5.97 Å². The minimum absolute atomic E-state index is 0.0235. The third kappa shape index (κ3) is 4.68. The van der Waals surface area contributed by atoms with Crippen molar-refractivity contribution in [3.63, 3.8) is 0 Å². The van der Waals surface area contributed by atoms with Gasteiger partial charge in [-0.25, -0.2) is 4.79 Å². The van der Waals surface area contributed by atoms with Crippen LogP contribution in [0.3, 0.4) is 0 Å². The number of aliphatic hydroxyl groups is 1. The highest BCUT2D eigenvalue weighted by molar-refractivity contribution is 6.00. The van der Waals surface area contributed by atoms with Crippen LogP contribution in [0.15, 0.2) is 24.5 Å². The van der Waals surface area contributed by atoms with Crippen molar-refractivity contribution < 1.29 is 24.2 Å². The second-order valence-corrected chi connectivity index (χ2v) is 5.77. The zero-order valence-corrected chi connectivity index (χ0v) is 15.0. The summed E-state index contributed by atoms with van der Waals surface area (Å²) in [7, 11) is 1.52. The summed E-state index contributed by atoms with van der Waals surface area (Å²) in [4.78, 5) is 31.4. The summed E-state index contributed by atoms with van der Waals surface area (Å²) < 4.78 is 9.96. The summed E-state index contributed by atoms with van der Waals surface area (Å²) in [6, 6.07) is 3.43. The van der Waals surface area contributed by atoms with Crippen LogP contribution in [-0.2, 0) is 9.47 Å². The summed E-state index contributed by atoms with van der Waals surface area (Å²) in [6.45, 7) is 3.83. The smallest absolute Gasteiger partial charge is 0.340 e. The van der Waals surface area contributed by atoms with Gasteiger partial charge in [0.05, 0.1) is 18.3 Å². The van der Waals surface area contributed by atoms with Crippen LogP contribution in [0.1, 0.15) is 43.8 Å². The van der Waals surface area contributed by atoms with Gasteiger partial charge < -0.3 is 24.9 Å². The lowest BCUT2D eigenvalue weighted by Gasteiger charge is -2.11. The van der Waals surface area contributed by atoms with Crippen LogP contribution in [0.4, 0.5) is 0 Å². The summed E-state index contributed by atoms with van der Waals surface area (Å²) in [5, 5.41) is 12.8. The molecule has 2 aromatic heterocycles. The Kier molecular flexibility index (Phi) is 6.88. The highest BCUT2D eigenvalue weighted by atomic mass is 16.6. The van der Waals surface area contributed by atoms with E-state index in [1.165, 1.54) is 13.3 Å². The summed E-state index contributed by atoms with van der Waals surface area (Å²) in [6.07, 6.45) is 2.27. The van der Waals surface area contributed by atoms with Crippen molar-refractivity contribution in [1.29, 1.82) is 0 Å². The number of ether oxygens (including phenoxy) is 2. The van der Waals surface area contributed by atoms with Crippen LogP contribution in [0, 0.1) is 13.8 Å². The molecule has 0 unspecified atom stereocenters. The fourth-order valence-electron chi connectivity index (χ4n) is 2.54. The predicted molar refractivity (Wildman–Crippen MR) is 94.0 cm³/mol. The molecule has 0 saturated carbocycles. The van der Waals surface area contributed by atoms with Crippen LogP contribution >= 0.6 is 0 Å². The molecule has 0 aliphatic rings. The number of aryl methyl sites for hydroxylation is 1. The topological polar surface area (TPSA) is 114 Å². The molecule has 0 aliphatic carbocycles. The molecule has 26 heavy (non-hydrogen) atoms. The van der Waals surface area contributed by atoms with Crippen LogP contribution < -0.4 is 5.32 Å². The van der Waals surface area contributed by atoms with Crippen molar-refractivity contribution >= 4 is 11.9 Å². The quantitative estimate of drug-likeness (QED) is 0.482. The van der Waals surface area contributed by atoms with Crippen molar-refractivity contribution in [2.45, 2.75) is 20.0 Å². The van der Waals surface area contributed by atoms with Crippen LogP contribution in [0.25, 0.3) is 0 Å². The van der Waals surface area contributed by atoms with Crippen molar-refractivity contribution in [3.05, 3.63) is 52.6 Å². The first-order chi connectivity index (χ1) is 12.5. The van der Waals surface area contributed by atoms with Gasteiger partial charge in [0.25, 0.3) is 5.91 Å². The SMILES string of the molecule is COCCOC(=O)c1c(C)[nH]c(C(=O)NC[C@@H](O)c2cccnc2)c1C. The third-order valence-corrected chi connectivity index (χ3v) is 3.91.